The fourth-order valence-electron chi connectivity index (χ4n) is 2.51. The number of benzene rings is 1. The van der Waals surface area contributed by atoms with Crippen LogP contribution in [0.2, 0.25) is 0 Å². The predicted molar refractivity (Wildman–Crippen MR) is 74.5 cm³/mol. The molecule has 0 spiro atoms. The van der Waals surface area contributed by atoms with Crippen molar-refractivity contribution in [1.82, 2.24) is 9.47 Å². The maximum Gasteiger partial charge on any atom is 0.0488 e. The molecule has 0 amide bonds. The predicted octanol–water partition coefficient (Wildman–Crippen LogP) is 3.59. The van der Waals surface area contributed by atoms with Gasteiger partial charge in [0.05, 0.1) is 0 Å². The van der Waals surface area contributed by atoms with Crippen LogP contribution in [0.1, 0.15) is 31.1 Å². The molecule has 2 aromatic rings. The third kappa shape index (κ3) is 2.22. The minimum absolute atomic E-state index is 0.504. The molecule has 1 aromatic carbocycles. The highest BCUT2D eigenvalue weighted by molar-refractivity contribution is 5.84. The van der Waals surface area contributed by atoms with Gasteiger partial charge in [0, 0.05) is 29.2 Å². The van der Waals surface area contributed by atoms with Gasteiger partial charge in [-0.2, -0.15) is 0 Å². The van der Waals surface area contributed by atoms with Gasteiger partial charge < -0.3 is 9.47 Å². The van der Waals surface area contributed by atoms with E-state index in [0.29, 0.717) is 6.04 Å². The molecule has 0 saturated carbocycles. The summed E-state index contributed by atoms with van der Waals surface area (Å²) in [7, 11) is 4.24. The molecular formula is C15H22N2. The topological polar surface area (TPSA) is 8.17 Å². The lowest BCUT2D eigenvalue weighted by Gasteiger charge is -2.17. The summed E-state index contributed by atoms with van der Waals surface area (Å²) in [4.78, 5) is 2.22. The van der Waals surface area contributed by atoms with Crippen molar-refractivity contribution in [3.05, 3.63) is 35.5 Å². The molecule has 0 N–H and O–H groups in total. The zero-order valence-corrected chi connectivity index (χ0v) is 11.5. The van der Waals surface area contributed by atoms with E-state index in [-0.39, 0.29) is 0 Å². The van der Waals surface area contributed by atoms with E-state index >= 15 is 0 Å². The smallest absolute Gasteiger partial charge is 0.0488 e. The van der Waals surface area contributed by atoms with E-state index in [4.69, 9.17) is 0 Å². The summed E-state index contributed by atoms with van der Waals surface area (Å²) in [6, 6.07) is 9.40. The molecule has 0 radical (unpaired) electrons. The lowest BCUT2D eigenvalue weighted by Crippen LogP contribution is -2.15. The molecule has 1 aromatic heterocycles. The summed E-state index contributed by atoms with van der Waals surface area (Å²) in [6.07, 6.45) is 0. The molecular weight excluding hydrogens is 208 g/mol. The number of rotatable bonds is 3. The Bertz CT molecular complexity index is 521. The summed E-state index contributed by atoms with van der Waals surface area (Å²) >= 11 is 0. The van der Waals surface area contributed by atoms with Crippen LogP contribution in [0.5, 0.6) is 0 Å². The van der Waals surface area contributed by atoms with Gasteiger partial charge in [-0.3, -0.25) is 0 Å². The number of fused-ring (bicyclic) bond motifs is 1. The Labute approximate surface area is 104 Å². The van der Waals surface area contributed by atoms with Crippen LogP contribution in [-0.2, 0) is 6.54 Å². The Hall–Kier alpha value is -1.28. The zero-order valence-electron chi connectivity index (χ0n) is 11.5. The monoisotopic (exact) mass is 230 g/mol. The molecule has 0 fully saturated rings. The third-order valence-corrected chi connectivity index (χ3v) is 3.18. The van der Waals surface area contributed by atoms with E-state index in [1.54, 1.807) is 0 Å². The van der Waals surface area contributed by atoms with Gasteiger partial charge in [0.15, 0.2) is 0 Å². The highest BCUT2D eigenvalue weighted by Gasteiger charge is 2.12. The molecule has 0 aliphatic carbocycles. The van der Waals surface area contributed by atoms with Crippen LogP contribution >= 0.6 is 0 Å². The van der Waals surface area contributed by atoms with Crippen molar-refractivity contribution in [1.29, 1.82) is 0 Å². The van der Waals surface area contributed by atoms with Crippen LogP contribution in [0.15, 0.2) is 24.3 Å². The minimum Gasteiger partial charge on any atom is -0.341 e. The highest BCUT2D eigenvalue weighted by Crippen LogP contribution is 2.27. The molecule has 17 heavy (non-hydrogen) atoms. The van der Waals surface area contributed by atoms with E-state index in [9.17, 15) is 0 Å². The molecule has 1 heterocycles. The van der Waals surface area contributed by atoms with Gasteiger partial charge in [0.2, 0.25) is 0 Å². The number of aryl methyl sites for hydroxylation is 1. The van der Waals surface area contributed by atoms with Gasteiger partial charge in [-0.25, -0.2) is 0 Å². The summed E-state index contributed by atoms with van der Waals surface area (Å²) < 4.78 is 2.45. The van der Waals surface area contributed by atoms with Crippen molar-refractivity contribution >= 4 is 10.9 Å². The molecule has 0 aliphatic heterocycles. The van der Waals surface area contributed by atoms with Crippen molar-refractivity contribution < 1.29 is 0 Å². The number of nitrogens with zero attached hydrogens (tertiary/aromatic N) is 2. The largest absolute Gasteiger partial charge is 0.341 e. The minimum atomic E-state index is 0.504. The van der Waals surface area contributed by atoms with Crippen molar-refractivity contribution in [2.75, 3.05) is 14.1 Å². The van der Waals surface area contributed by atoms with E-state index in [0.717, 1.165) is 6.54 Å². The summed E-state index contributed by atoms with van der Waals surface area (Å²) in [6.45, 7) is 7.68. The van der Waals surface area contributed by atoms with Crippen molar-refractivity contribution in [2.45, 2.75) is 33.4 Å². The van der Waals surface area contributed by atoms with Gasteiger partial charge in [0.1, 0.15) is 0 Å². The second-order valence-corrected chi connectivity index (χ2v) is 5.34. The molecule has 0 unspecified atom stereocenters. The lowest BCUT2D eigenvalue weighted by molar-refractivity contribution is 0.384. The van der Waals surface area contributed by atoms with E-state index < -0.39 is 0 Å². The maximum atomic E-state index is 2.45. The molecule has 0 atom stereocenters. The van der Waals surface area contributed by atoms with E-state index in [1.165, 1.54) is 22.2 Å². The number of hydrogen-bond donors (Lipinski definition) is 0. The Morgan fingerprint density at radius 2 is 1.94 bits per heavy atom. The Kier molecular flexibility index (Phi) is 3.25. The van der Waals surface area contributed by atoms with Crippen LogP contribution in [-0.4, -0.2) is 23.6 Å². The number of aromatic nitrogens is 1. The van der Waals surface area contributed by atoms with Crippen LogP contribution in [0.4, 0.5) is 0 Å². The van der Waals surface area contributed by atoms with Crippen LogP contribution in [0.25, 0.3) is 10.9 Å². The fourth-order valence-corrected chi connectivity index (χ4v) is 2.51. The molecule has 0 bridgehead atoms. The van der Waals surface area contributed by atoms with Crippen molar-refractivity contribution in [3.63, 3.8) is 0 Å². The van der Waals surface area contributed by atoms with Gasteiger partial charge in [0.25, 0.3) is 0 Å². The van der Waals surface area contributed by atoms with Crippen LogP contribution in [0, 0.1) is 6.92 Å². The van der Waals surface area contributed by atoms with Crippen LogP contribution in [0.3, 0.4) is 0 Å². The Morgan fingerprint density at radius 3 is 2.53 bits per heavy atom. The highest BCUT2D eigenvalue weighted by atomic mass is 15.1. The lowest BCUT2D eigenvalue weighted by atomic mass is 10.1. The van der Waals surface area contributed by atoms with Crippen LogP contribution < -0.4 is 0 Å². The second-order valence-electron chi connectivity index (χ2n) is 5.34. The first-order chi connectivity index (χ1) is 8.00. The molecule has 2 rings (SSSR count). The Morgan fingerprint density at radius 1 is 1.24 bits per heavy atom. The average Bonchev–Trinajstić information content (AvgIpc) is 2.56. The first-order valence-electron chi connectivity index (χ1n) is 6.25. The van der Waals surface area contributed by atoms with Gasteiger partial charge in [-0.15, -0.1) is 0 Å². The van der Waals surface area contributed by atoms with Gasteiger partial charge >= 0.3 is 0 Å². The maximum absolute atomic E-state index is 2.45. The molecule has 2 heteroatoms. The van der Waals surface area contributed by atoms with Crippen molar-refractivity contribution in [2.24, 2.45) is 0 Å². The fraction of sp³-hybridized carbons (Fsp3) is 0.467. The van der Waals surface area contributed by atoms with Gasteiger partial charge in [-0.05, 0) is 52.6 Å². The summed E-state index contributed by atoms with van der Waals surface area (Å²) in [5.41, 5.74) is 4.12. The van der Waals surface area contributed by atoms with E-state index in [2.05, 4.69) is 68.6 Å². The first kappa shape index (κ1) is 12.2. The summed E-state index contributed by atoms with van der Waals surface area (Å²) in [5, 5.41) is 1.39. The van der Waals surface area contributed by atoms with Gasteiger partial charge in [-0.1, -0.05) is 12.1 Å². The average molecular weight is 230 g/mol. The molecule has 2 nitrogen and oxygen atoms in total. The second kappa shape index (κ2) is 4.53. The first-order valence-corrected chi connectivity index (χ1v) is 6.25. The van der Waals surface area contributed by atoms with Crippen molar-refractivity contribution in [3.8, 4) is 0 Å². The number of hydrogen-bond acceptors (Lipinski definition) is 1. The standard InChI is InChI=1S/C15H22N2/c1-11(2)17-13(10-16(4)5)9-14-12(3)7-6-8-15(14)17/h6-9,11H,10H2,1-5H3. The van der Waals surface area contributed by atoms with E-state index in [1.807, 2.05) is 0 Å². The summed E-state index contributed by atoms with van der Waals surface area (Å²) in [5.74, 6) is 0. The SMILES string of the molecule is Cc1cccc2c1cc(CN(C)C)n2C(C)C. The molecule has 0 saturated heterocycles. The Balaban J connectivity index is 2.66. The molecule has 0 aliphatic rings. The normalized spacial score (nSPS) is 11.9. The third-order valence-electron chi connectivity index (χ3n) is 3.18. The quantitative estimate of drug-likeness (QED) is 0.782. The zero-order chi connectivity index (χ0) is 12.6. The molecule has 92 valence electrons.